The van der Waals surface area contributed by atoms with Crippen molar-refractivity contribution in [2.45, 2.75) is 32.2 Å². The summed E-state index contributed by atoms with van der Waals surface area (Å²) in [4.78, 5) is 10.3. The number of hydrogen-bond donors (Lipinski definition) is 1. The zero-order chi connectivity index (χ0) is 19.8. The van der Waals surface area contributed by atoms with Crippen LogP contribution in [-0.2, 0) is 0 Å². The summed E-state index contributed by atoms with van der Waals surface area (Å²) in [6.07, 6.45) is 11.9. The largest absolute Gasteiger partial charge is 0.360 e. The minimum Gasteiger partial charge on any atom is -0.360 e. The van der Waals surface area contributed by atoms with Gasteiger partial charge in [-0.1, -0.05) is 19.4 Å². The van der Waals surface area contributed by atoms with Gasteiger partial charge in [0.15, 0.2) is 0 Å². The molecule has 29 heavy (non-hydrogen) atoms. The number of H-pyrrole nitrogens is 1. The molecule has 0 aliphatic carbocycles. The summed E-state index contributed by atoms with van der Waals surface area (Å²) >= 11 is 0. The maximum absolute atomic E-state index is 13.5. The van der Waals surface area contributed by atoms with Gasteiger partial charge in [0.2, 0.25) is 0 Å². The highest BCUT2D eigenvalue weighted by Crippen LogP contribution is 2.41. The molecule has 1 saturated heterocycles. The van der Waals surface area contributed by atoms with Crippen molar-refractivity contribution in [3.63, 3.8) is 0 Å². The monoisotopic (exact) mass is 387 g/mol. The molecule has 2 aliphatic heterocycles. The van der Waals surface area contributed by atoms with E-state index in [1.54, 1.807) is 0 Å². The predicted octanol–water partition coefficient (Wildman–Crippen LogP) is 5.77. The van der Waals surface area contributed by atoms with Crippen LogP contribution in [0.1, 0.15) is 31.7 Å². The Balaban J connectivity index is 1.60. The fraction of sp³-hybridized carbons (Fsp3) is 0.320. The molecular weight excluding hydrogens is 361 g/mol. The van der Waals surface area contributed by atoms with Crippen molar-refractivity contribution in [1.29, 1.82) is 0 Å². The Morgan fingerprint density at radius 1 is 1.10 bits per heavy atom. The first-order chi connectivity index (χ1) is 14.2. The van der Waals surface area contributed by atoms with Crippen LogP contribution in [0.2, 0.25) is 0 Å². The van der Waals surface area contributed by atoms with E-state index in [1.807, 2.05) is 24.5 Å². The maximum atomic E-state index is 13.5. The third-order valence-corrected chi connectivity index (χ3v) is 6.50. The van der Waals surface area contributed by atoms with Crippen LogP contribution in [0.4, 0.5) is 4.39 Å². The van der Waals surface area contributed by atoms with Gasteiger partial charge in [-0.3, -0.25) is 9.88 Å². The molecule has 4 heteroatoms. The van der Waals surface area contributed by atoms with Crippen LogP contribution in [0, 0.1) is 11.7 Å². The Bertz CT molecular complexity index is 1020. The number of halogens is 1. The van der Waals surface area contributed by atoms with Crippen molar-refractivity contribution in [3.8, 4) is 22.4 Å². The molecular formula is C25H26FN3. The topological polar surface area (TPSA) is 31.9 Å². The van der Waals surface area contributed by atoms with E-state index < -0.39 is 0 Å². The first-order valence-electron chi connectivity index (χ1n) is 10.6. The molecule has 2 aromatic heterocycles. The summed E-state index contributed by atoms with van der Waals surface area (Å²) in [5.74, 6) is 0.601. The third kappa shape index (κ3) is 3.42. The molecule has 5 rings (SSSR count). The van der Waals surface area contributed by atoms with Gasteiger partial charge in [0, 0.05) is 48.8 Å². The van der Waals surface area contributed by atoms with E-state index in [4.69, 9.17) is 0 Å². The molecule has 0 radical (unpaired) electrons. The number of aromatic nitrogens is 2. The number of pyridine rings is 1. The van der Waals surface area contributed by atoms with Crippen LogP contribution >= 0.6 is 0 Å². The number of fused-ring (bicyclic) bond motifs is 1. The van der Waals surface area contributed by atoms with Crippen molar-refractivity contribution in [2.75, 3.05) is 13.1 Å². The second kappa shape index (κ2) is 7.60. The summed E-state index contributed by atoms with van der Waals surface area (Å²) in [5.41, 5.74) is 7.02. The lowest BCUT2D eigenvalue weighted by Crippen LogP contribution is -2.32. The fourth-order valence-corrected chi connectivity index (χ4v) is 4.90. The van der Waals surface area contributed by atoms with Crippen LogP contribution < -0.4 is 0 Å². The lowest BCUT2D eigenvalue weighted by atomic mass is 9.90. The quantitative estimate of drug-likeness (QED) is 0.616. The predicted molar refractivity (Wildman–Crippen MR) is 116 cm³/mol. The van der Waals surface area contributed by atoms with E-state index in [0.29, 0.717) is 6.04 Å². The molecule has 148 valence electrons. The Labute approximate surface area is 171 Å². The van der Waals surface area contributed by atoms with E-state index >= 15 is 0 Å². The van der Waals surface area contributed by atoms with Crippen molar-refractivity contribution < 1.29 is 4.39 Å². The van der Waals surface area contributed by atoms with Gasteiger partial charge in [-0.2, -0.15) is 0 Å². The molecule has 0 spiro atoms. The van der Waals surface area contributed by atoms with E-state index in [0.717, 1.165) is 35.7 Å². The summed E-state index contributed by atoms with van der Waals surface area (Å²) in [5, 5.41) is 0. The fourth-order valence-electron chi connectivity index (χ4n) is 4.90. The summed E-state index contributed by atoms with van der Waals surface area (Å²) in [7, 11) is 0. The number of benzene rings is 1. The SMILES string of the molecule is CCC1CC2C=C(c3c[nH]c(-c4ccc(F)cc4)c3-c3ccncc3)CCN2C1. The van der Waals surface area contributed by atoms with E-state index in [9.17, 15) is 4.39 Å². The molecule has 0 amide bonds. The molecule has 2 unspecified atom stereocenters. The smallest absolute Gasteiger partial charge is 0.123 e. The minimum absolute atomic E-state index is 0.215. The Kier molecular flexibility index (Phi) is 4.80. The molecule has 0 bridgehead atoms. The summed E-state index contributed by atoms with van der Waals surface area (Å²) < 4.78 is 13.5. The number of hydrogen-bond acceptors (Lipinski definition) is 2. The Hall–Kier alpha value is -2.72. The van der Waals surface area contributed by atoms with Gasteiger partial charge in [0.25, 0.3) is 0 Å². The van der Waals surface area contributed by atoms with Crippen LogP contribution in [-0.4, -0.2) is 34.0 Å². The van der Waals surface area contributed by atoms with Gasteiger partial charge >= 0.3 is 0 Å². The molecule has 2 atom stereocenters. The van der Waals surface area contributed by atoms with Gasteiger partial charge in [-0.25, -0.2) is 4.39 Å². The molecule has 0 saturated carbocycles. The second-order valence-corrected chi connectivity index (χ2v) is 8.21. The van der Waals surface area contributed by atoms with Crippen LogP contribution in [0.15, 0.2) is 61.1 Å². The van der Waals surface area contributed by atoms with Crippen LogP contribution in [0.5, 0.6) is 0 Å². The summed E-state index contributed by atoms with van der Waals surface area (Å²) in [6, 6.07) is 11.4. The minimum atomic E-state index is -0.215. The van der Waals surface area contributed by atoms with Gasteiger partial charge in [0.1, 0.15) is 5.82 Å². The first-order valence-corrected chi connectivity index (χ1v) is 10.6. The van der Waals surface area contributed by atoms with Crippen molar-refractivity contribution in [3.05, 3.63) is 72.4 Å². The number of aromatic amines is 1. The zero-order valence-corrected chi connectivity index (χ0v) is 16.7. The average molecular weight is 388 g/mol. The summed E-state index contributed by atoms with van der Waals surface area (Å²) in [6.45, 7) is 4.66. The maximum Gasteiger partial charge on any atom is 0.123 e. The average Bonchev–Trinajstić information content (AvgIpc) is 3.38. The molecule has 1 aromatic carbocycles. The number of nitrogens with one attached hydrogen (secondary N) is 1. The first kappa shape index (κ1) is 18.3. The van der Waals surface area contributed by atoms with Gasteiger partial charge in [0.05, 0.1) is 5.69 Å². The normalized spacial score (nSPS) is 21.8. The van der Waals surface area contributed by atoms with E-state index in [2.05, 4.69) is 46.2 Å². The lowest BCUT2D eigenvalue weighted by Gasteiger charge is -2.28. The van der Waals surface area contributed by atoms with Crippen molar-refractivity contribution in [2.24, 2.45) is 5.92 Å². The molecule has 3 aromatic rings. The van der Waals surface area contributed by atoms with Crippen LogP contribution in [0.25, 0.3) is 28.0 Å². The highest BCUT2D eigenvalue weighted by atomic mass is 19.1. The van der Waals surface area contributed by atoms with Gasteiger partial charge in [-0.15, -0.1) is 0 Å². The molecule has 3 nitrogen and oxygen atoms in total. The number of nitrogens with zero attached hydrogens (tertiary/aromatic N) is 2. The molecule has 4 heterocycles. The lowest BCUT2D eigenvalue weighted by molar-refractivity contribution is 0.281. The second-order valence-electron chi connectivity index (χ2n) is 8.21. The highest BCUT2D eigenvalue weighted by Gasteiger charge is 2.33. The molecule has 1 N–H and O–H groups in total. The van der Waals surface area contributed by atoms with Crippen molar-refractivity contribution in [1.82, 2.24) is 14.9 Å². The standard InChI is InChI=1S/C25H26FN3/c1-2-17-13-22-14-20(9-12-29(22)16-17)23-15-28-25(19-3-5-21(26)6-4-19)24(23)18-7-10-27-11-8-18/h3-8,10-11,14-15,17,22,28H,2,9,12-13,16H2,1H3. The molecule has 2 aliphatic rings. The van der Waals surface area contributed by atoms with Gasteiger partial charge < -0.3 is 4.98 Å². The Morgan fingerprint density at radius 3 is 2.66 bits per heavy atom. The van der Waals surface area contributed by atoms with Crippen molar-refractivity contribution >= 4 is 5.57 Å². The number of rotatable bonds is 4. The van der Waals surface area contributed by atoms with E-state index in [-0.39, 0.29) is 5.82 Å². The highest BCUT2D eigenvalue weighted by molar-refractivity contribution is 5.91. The van der Waals surface area contributed by atoms with E-state index in [1.165, 1.54) is 48.2 Å². The zero-order valence-electron chi connectivity index (χ0n) is 16.7. The third-order valence-electron chi connectivity index (χ3n) is 6.50. The van der Waals surface area contributed by atoms with Crippen LogP contribution in [0.3, 0.4) is 0 Å². The Morgan fingerprint density at radius 2 is 1.90 bits per heavy atom. The molecule has 1 fully saturated rings. The van der Waals surface area contributed by atoms with Gasteiger partial charge in [-0.05, 0) is 71.9 Å².